The van der Waals surface area contributed by atoms with Crippen molar-refractivity contribution >= 4 is 6.09 Å². The van der Waals surface area contributed by atoms with Crippen LogP contribution in [0.3, 0.4) is 0 Å². The predicted octanol–water partition coefficient (Wildman–Crippen LogP) is 1.83. The SMILES string of the molecule is CC(C)N(C)CCNCCCNC(=O)OC(C)(C)C. The van der Waals surface area contributed by atoms with E-state index in [-0.39, 0.29) is 6.09 Å². The Hall–Kier alpha value is -0.810. The molecule has 0 aromatic heterocycles. The number of hydrogen-bond acceptors (Lipinski definition) is 4. The fraction of sp³-hybridized carbons (Fsp3) is 0.929. The molecule has 0 unspecified atom stereocenters. The molecule has 2 N–H and O–H groups in total. The van der Waals surface area contributed by atoms with Gasteiger partial charge in [0.15, 0.2) is 0 Å². The number of carbonyl (C=O) groups is 1. The molecule has 0 spiro atoms. The Morgan fingerprint density at radius 2 is 1.84 bits per heavy atom. The van der Waals surface area contributed by atoms with Crippen molar-refractivity contribution in [1.29, 1.82) is 0 Å². The minimum Gasteiger partial charge on any atom is -0.444 e. The first-order valence-corrected chi connectivity index (χ1v) is 7.10. The zero-order valence-corrected chi connectivity index (χ0v) is 13.4. The monoisotopic (exact) mass is 273 g/mol. The van der Waals surface area contributed by atoms with Crippen molar-refractivity contribution in [1.82, 2.24) is 15.5 Å². The summed E-state index contributed by atoms with van der Waals surface area (Å²) in [5, 5.41) is 6.10. The lowest BCUT2D eigenvalue weighted by Crippen LogP contribution is -2.36. The first-order valence-electron chi connectivity index (χ1n) is 7.10. The third-order valence-corrected chi connectivity index (χ3v) is 2.72. The van der Waals surface area contributed by atoms with Gasteiger partial charge in [-0.15, -0.1) is 0 Å². The van der Waals surface area contributed by atoms with Crippen molar-refractivity contribution in [3.05, 3.63) is 0 Å². The summed E-state index contributed by atoms with van der Waals surface area (Å²) >= 11 is 0. The Kier molecular flexibility index (Phi) is 8.76. The van der Waals surface area contributed by atoms with E-state index in [2.05, 4.69) is 36.4 Å². The van der Waals surface area contributed by atoms with E-state index < -0.39 is 5.60 Å². The topological polar surface area (TPSA) is 53.6 Å². The molecule has 5 heteroatoms. The van der Waals surface area contributed by atoms with E-state index in [4.69, 9.17) is 4.74 Å². The lowest BCUT2D eigenvalue weighted by Gasteiger charge is -2.21. The summed E-state index contributed by atoms with van der Waals surface area (Å²) in [6.45, 7) is 13.5. The second kappa shape index (κ2) is 9.15. The van der Waals surface area contributed by atoms with Gasteiger partial charge in [-0.3, -0.25) is 0 Å². The first-order chi connectivity index (χ1) is 8.72. The van der Waals surface area contributed by atoms with Gasteiger partial charge in [-0.2, -0.15) is 0 Å². The third kappa shape index (κ3) is 12.0. The van der Waals surface area contributed by atoms with E-state index >= 15 is 0 Å². The lowest BCUT2D eigenvalue weighted by atomic mass is 10.2. The maximum absolute atomic E-state index is 11.4. The number of nitrogens with one attached hydrogen (secondary N) is 2. The number of carbonyl (C=O) groups excluding carboxylic acids is 1. The summed E-state index contributed by atoms with van der Waals surface area (Å²) in [4.78, 5) is 13.6. The number of nitrogens with zero attached hydrogens (tertiary/aromatic N) is 1. The van der Waals surface area contributed by atoms with Gasteiger partial charge in [-0.25, -0.2) is 4.79 Å². The van der Waals surface area contributed by atoms with Crippen molar-refractivity contribution in [3.63, 3.8) is 0 Å². The van der Waals surface area contributed by atoms with Crippen LogP contribution < -0.4 is 10.6 Å². The number of amides is 1. The zero-order chi connectivity index (χ0) is 14.9. The largest absolute Gasteiger partial charge is 0.444 e. The number of hydrogen-bond donors (Lipinski definition) is 2. The molecular weight excluding hydrogens is 242 g/mol. The van der Waals surface area contributed by atoms with Gasteiger partial charge in [-0.05, 0) is 54.6 Å². The Labute approximate surface area is 118 Å². The number of ether oxygens (including phenoxy) is 1. The van der Waals surface area contributed by atoms with Crippen molar-refractivity contribution in [2.75, 3.05) is 33.2 Å². The van der Waals surface area contributed by atoms with Crippen LogP contribution in [-0.2, 0) is 4.74 Å². The third-order valence-electron chi connectivity index (χ3n) is 2.72. The van der Waals surface area contributed by atoms with Crippen LogP contribution in [-0.4, -0.2) is 55.9 Å². The molecule has 0 aromatic carbocycles. The Bertz CT molecular complexity index is 250. The smallest absolute Gasteiger partial charge is 0.407 e. The van der Waals surface area contributed by atoms with Gasteiger partial charge in [0.05, 0.1) is 0 Å². The number of likely N-dealkylation sites (N-methyl/N-ethyl adjacent to an activating group) is 1. The summed E-state index contributed by atoms with van der Waals surface area (Å²) in [7, 11) is 2.12. The van der Waals surface area contributed by atoms with E-state index in [1.54, 1.807) is 0 Å². The highest BCUT2D eigenvalue weighted by Crippen LogP contribution is 2.06. The molecule has 19 heavy (non-hydrogen) atoms. The molecule has 0 heterocycles. The lowest BCUT2D eigenvalue weighted by molar-refractivity contribution is 0.0527. The molecule has 0 bridgehead atoms. The van der Waals surface area contributed by atoms with E-state index in [1.807, 2.05) is 20.8 Å². The van der Waals surface area contributed by atoms with Gasteiger partial charge in [0.2, 0.25) is 0 Å². The minimum absolute atomic E-state index is 0.341. The summed E-state index contributed by atoms with van der Waals surface area (Å²) in [5.41, 5.74) is -0.427. The molecule has 1 amide bonds. The van der Waals surface area contributed by atoms with Crippen LogP contribution in [0.5, 0.6) is 0 Å². The van der Waals surface area contributed by atoms with Crippen LogP contribution in [0, 0.1) is 0 Å². The number of rotatable bonds is 8. The van der Waals surface area contributed by atoms with Crippen LogP contribution in [0.2, 0.25) is 0 Å². The second-order valence-corrected chi connectivity index (χ2v) is 6.11. The molecule has 0 aliphatic carbocycles. The summed E-state index contributed by atoms with van der Waals surface area (Å²) in [6.07, 6.45) is 0.567. The molecular formula is C14H31N3O2. The fourth-order valence-corrected chi connectivity index (χ4v) is 1.36. The van der Waals surface area contributed by atoms with Gasteiger partial charge >= 0.3 is 6.09 Å². The van der Waals surface area contributed by atoms with Gasteiger partial charge in [0.25, 0.3) is 0 Å². The summed E-state index contributed by atoms with van der Waals surface area (Å²) in [5.74, 6) is 0. The quantitative estimate of drug-likeness (QED) is 0.663. The van der Waals surface area contributed by atoms with Crippen molar-refractivity contribution in [3.8, 4) is 0 Å². The number of alkyl carbamates (subject to hydrolysis) is 1. The molecule has 0 saturated heterocycles. The molecule has 0 saturated carbocycles. The molecule has 5 nitrogen and oxygen atoms in total. The standard InChI is InChI=1S/C14H31N3O2/c1-12(2)17(6)11-10-15-8-7-9-16-13(18)19-14(3,4)5/h12,15H,7-11H2,1-6H3,(H,16,18). The van der Waals surface area contributed by atoms with Crippen LogP contribution in [0.25, 0.3) is 0 Å². The maximum Gasteiger partial charge on any atom is 0.407 e. The molecule has 114 valence electrons. The molecule has 0 fully saturated rings. The van der Waals surface area contributed by atoms with Gasteiger partial charge in [0.1, 0.15) is 5.60 Å². The van der Waals surface area contributed by atoms with Crippen molar-refractivity contribution in [2.24, 2.45) is 0 Å². The van der Waals surface area contributed by atoms with Crippen molar-refractivity contribution < 1.29 is 9.53 Å². The van der Waals surface area contributed by atoms with Crippen LogP contribution in [0.4, 0.5) is 4.79 Å². The fourth-order valence-electron chi connectivity index (χ4n) is 1.36. The second-order valence-electron chi connectivity index (χ2n) is 6.11. The molecule has 0 atom stereocenters. The van der Waals surface area contributed by atoms with Crippen LogP contribution >= 0.6 is 0 Å². The van der Waals surface area contributed by atoms with E-state index in [0.717, 1.165) is 26.1 Å². The average molecular weight is 273 g/mol. The molecule has 0 rings (SSSR count). The van der Waals surface area contributed by atoms with Gasteiger partial charge < -0.3 is 20.3 Å². The summed E-state index contributed by atoms with van der Waals surface area (Å²) in [6, 6.07) is 0.579. The highest BCUT2D eigenvalue weighted by Gasteiger charge is 2.15. The Balaban J connectivity index is 3.39. The van der Waals surface area contributed by atoms with Crippen molar-refractivity contribution in [2.45, 2.75) is 52.7 Å². The van der Waals surface area contributed by atoms with Crippen LogP contribution in [0.1, 0.15) is 41.0 Å². The van der Waals surface area contributed by atoms with Gasteiger partial charge in [-0.1, -0.05) is 0 Å². The maximum atomic E-state index is 11.4. The first kappa shape index (κ1) is 18.2. The molecule has 0 radical (unpaired) electrons. The van der Waals surface area contributed by atoms with Crippen LogP contribution in [0.15, 0.2) is 0 Å². The normalized spacial score (nSPS) is 12.0. The highest BCUT2D eigenvalue weighted by atomic mass is 16.6. The summed E-state index contributed by atoms with van der Waals surface area (Å²) < 4.78 is 5.15. The molecule has 0 aromatic rings. The zero-order valence-electron chi connectivity index (χ0n) is 13.4. The van der Waals surface area contributed by atoms with E-state index in [0.29, 0.717) is 12.6 Å². The Morgan fingerprint density at radius 1 is 1.21 bits per heavy atom. The average Bonchev–Trinajstić information content (AvgIpc) is 2.24. The van der Waals surface area contributed by atoms with Gasteiger partial charge in [0, 0.05) is 25.7 Å². The molecule has 0 aliphatic heterocycles. The van der Waals surface area contributed by atoms with E-state index in [1.165, 1.54) is 0 Å². The predicted molar refractivity (Wildman–Crippen MR) is 79.5 cm³/mol. The highest BCUT2D eigenvalue weighted by molar-refractivity contribution is 5.67. The van der Waals surface area contributed by atoms with E-state index in [9.17, 15) is 4.79 Å². The molecule has 0 aliphatic rings. The minimum atomic E-state index is -0.427. The Morgan fingerprint density at radius 3 is 2.37 bits per heavy atom.